The molecule has 0 aliphatic carbocycles. The molecule has 1 amide bonds. The molecule has 0 spiro atoms. The van der Waals surface area contributed by atoms with Gasteiger partial charge in [0.25, 0.3) is 0 Å². The number of benzene rings is 1. The fraction of sp³-hybridized carbons (Fsp3) is 0.0714. The van der Waals surface area contributed by atoms with Gasteiger partial charge in [0.15, 0.2) is 0 Å². The summed E-state index contributed by atoms with van der Waals surface area (Å²) < 4.78 is 5.11. The molecule has 3 heteroatoms. The first kappa shape index (κ1) is 11.2. The predicted octanol–water partition coefficient (Wildman–Crippen LogP) is 2.61. The van der Waals surface area contributed by atoms with E-state index in [0.717, 1.165) is 11.3 Å². The van der Waals surface area contributed by atoms with Crippen molar-refractivity contribution < 1.29 is 9.21 Å². The van der Waals surface area contributed by atoms with Crippen LogP contribution in [0.2, 0.25) is 0 Å². The third kappa shape index (κ3) is 3.65. The van der Waals surface area contributed by atoms with Gasteiger partial charge in [-0.1, -0.05) is 30.3 Å². The Labute approximate surface area is 99.8 Å². The van der Waals surface area contributed by atoms with Crippen molar-refractivity contribution in [3.63, 3.8) is 0 Å². The first-order valence-electron chi connectivity index (χ1n) is 5.38. The van der Waals surface area contributed by atoms with Crippen LogP contribution >= 0.6 is 0 Å². The molecule has 0 aliphatic heterocycles. The summed E-state index contributed by atoms with van der Waals surface area (Å²) in [6.45, 7) is 0.408. The number of hydrogen-bond acceptors (Lipinski definition) is 2. The molecule has 0 radical (unpaired) electrons. The maximum absolute atomic E-state index is 11.5. The van der Waals surface area contributed by atoms with Crippen molar-refractivity contribution in [2.24, 2.45) is 0 Å². The van der Waals surface area contributed by atoms with E-state index >= 15 is 0 Å². The summed E-state index contributed by atoms with van der Waals surface area (Å²) in [6.07, 6.45) is 4.87. The fourth-order valence-corrected chi connectivity index (χ4v) is 1.38. The maximum atomic E-state index is 11.5. The highest BCUT2D eigenvalue weighted by Gasteiger charge is 1.97. The van der Waals surface area contributed by atoms with Gasteiger partial charge in [0.2, 0.25) is 5.91 Å². The van der Waals surface area contributed by atoms with Gasteiger partial charge < -0.3 is 9.73 Å². The smallest absolute Gasteiger partial charge is 0.244 e. The van der Waals surface area contributed by atoms with E-state index in [9.17, 15) is 4.79 Å². The van der Waals surface area contributed by atoms with Crippen LogP contribution in [0.1, 0.15) is 11.3 Å². The van der Waals surface area contributed by atoms with E-state index in [1.165, 1.54) is 6.08 Å². The van der Waals surface area contributed by atoms with Crippen LogP contribution in [0.4, 0.5) is 0 Å². The molecule has 0 saturated carbocycles. The minimum Gasteiger partial charge on any atom is -0.467 e. The van der Waals surface area contributed by atoms with E-state index in [-0.39, 0.29) is 5.91 Å². The highest BCUT2D eigenvalue weighted by atomic mass is 16.3. The van der Waals surface area contributed by atoms with Gasteiger partial charge in [-0.15, -0.1) is 0 Å². The summed E-state index contributed by atoms with van der Waals surface area (Å²) in [7, 11) is 0. The number of amides is 1. The number of carbonyl (C=O) groups excluding carboxylic acids is 1. The van der Waals surface area contributed by atoms with Gasteiger partial charge in [0, 0.05) is 6.08 Å². The molecule has 1 N–H and O–H groups in total. The Hall–Kier alpha value is -2.29. The molecular formula is C14H13NO2. The Morgan fingerprint density at radius 3 is 2.71 bits per heavy atom. The second kappa shape index (κ2) is 5.70. The Morgan fingerprint density at radius 1 is 1.18 bits per heavy atom. The van der Waals surface area contributed by atoms with Gasteiger partial charge in [0.1, 0.15) is 5.76 Å². The number of nitrogens with one attached hydrogen (secondary N) is 1. The number of rotatable bonds is 4. The number of furan rings is 1. The van der Waals surface area contributed by atoms with Crippen LogP contribution in [0.15, 0.2) is 59.2 Å². The summed E-state index contributed by atoms with van der Waals surface area (Å²) in [4.78, 5) is 11.5. The van der Waals surface area contributed by atoms with Gasteiger partial charge >= 0.3 is 0 Å². The lowest BCUT2D eigenvalue weighted by molar-refractivity contribution is -0.116. The summed E-state index contributed by atoms with van der Waals surface area (Å²) in [6, 6.07) is 13.3. The molecule has 3 nitrogen and oxygen atoms in total. The Morgan fingerprint density at radius 2 is 2.00 bits per heavy atom. The summed E-state index contributed by atoms with van der Waals surface area (Å²) in [5.74, 6) is 0.608. The van der Waals surface area contributed by atoms with Gasteiger partial charge in [-0.05, 0) is 23.8 Å². The topological polar surface area (TPSA) is 42.2 Å². The zero-order valence-electron chi connectivity index (χ0n) is 9.30. The van der Waals surface area contributed by atoms with Crippen molar-refractivity contribution in [3.05, 3.63) is 66.1 Å². The Balaban J connectivity index is 1.83. The second-order valence-corrected chi connectivity index (χ2v) is 3.54. The summed E-state index contributed by atoms with van der Waals surface area (Å²) >= 11 is 0. The van der Waals surface area contributed by atoms with Crippen molar-refractivity contribution in [3.8, 4) is 0 Å². The molecule has 0 saturated heterocycles. The molecule has 0 bridgehead atoms. The van der Waals surface area contributed by atoms with Crippen molar-refractivity contribution in [1.82, 2.24) is 5.32 Å². The molecule has 0 unspecified atom stereocenters. The van der Waals surface area contributed by atoms with Crippen LogP contribution in [0.25, 0.3) is 6.08 Å². The third-order valence-electron chi connectivity index (χ3n) is 2.24. The quantitative estimate of drug-likeness (QED) is 0.816. The van der Waals surface area contributed by atoms with Gasteiger partial charge in [-0.25, -0.2) is 0 Å². The van der Waals surface area contributed by atoms with Crippen molar-refractivity contribution in [2.75, 3.05) is 0 Å². The van der Waals surface area contributed by atoms with Crippen LogP contribution in [0.3, 0.4) is 0 Å². The first-order valence-corrected chi connectivity index (χ1v) is 5.38. The fourth-order valence-electron chi connectivity index (χ4n) is 1.38. The van der Waals surface area contributed by atoms with E-state index in [1.54, 1.807) is 18.4 Å². The zero-order valence-corrected chi connectivity index (χ0v) is 9.30. The van der Waals surface area contributed by atoms with Crippen molar-refractivity contribution in [1.29, 1.82) is 0 Å². The lowest BCUT2D eigenvalue weighted by Gasteiger charge is -1.98. The minimum atomic E-state index is -0.134. The Bertz CT molecular complexity index is 486. The van der Waals surface area contributed by atoms with E-state index in [2.05, 4.69) is 5.32 Å². The SMILES string of the molecule is O=C(/C=C/c1ccccc1)NCc1ccco1. The standard InChI is InChI=1S/C14H13NO2/c16-14(15-11-13-7-4-10-17-13)9-8-12-5-2-1-3-6-12/h1-10H,11H2,(H,15,16)/b9-8+. The molecule has 1 aromatic carbocycles. The Kier molecular flexibility index (Phi) is 3.76. The van der Waals surface area contributed by atoms with Crippen LogP contribution in [-0.4, -0.2) is 5.91 Å². The largest absolute Gasteiger partial charge is 0.467 e. The molecule has 2 rings (SSSR count). The van der Waals surface area contributed by atoms with E-state index < -0.39 is 0 Å². The molecule has 0 atom stereocenters. The lowest BCUT2D eigenvalue weighted by atomic mass is 10.2. The first-order chi connectivity index (χ1) is 8.34. The molecule has 86 valence electrons. The third-order valence-corrected chi connectivity index (χ3v) is 2.24. The average Bonchev–Trinajstić information content (AvgIpc) is 2.88. The molecule has 1 aromatic heterocycles. The van der Waals surface area contributed by atoms with Crippen LogP contribution in [-0.2, 0) is 11.3 Å². The van der Waals surface area contributed by atoms with Crippen molar-refractivity contribution in [2.45, 2.75) is 6.54 Å². The van der Waals surface area contributed by atoms with E-state index in [0.29, 0.717) is 6.54 Å². The van der Waals surface area contributed by atoms with Crippen molar-refractivity contribution >= 4 is 12.0 Å². The van der Waals surface area contributed by atoms with E-state index in [1.807, 2.05) is 36.4 Å². The second-order valence-electron chi connectivity index (χ2n) is 3.54. The molecule has 0 fully saturated rings. The van der Waals surface area contributed by atoms with Crippen LogP contribution < -0.4 is 5.32 Å². The molecule has 2 aromatic rings. The summed E-state index contributed by atoms with van der Waals surface area (Å²) in [5.41, 5.74) is 1.00. The van der Waals surface area contributed by atoms with Gasteiger partial charge in [-0.2, -0.15) is 0 Å². The highest BCUT2D eigenvalue weighted by molar-refractivity contribution is 5.91. The highest BCUT2D eigenvalue weighted by Crippen LogP contribution is 2.01. The number of carbonyl (C=O) groups is 1. The lowest BCUT2D eigenvalue weighted by Crippen LogP contribution is -2.19. The predicted molar refractivity (Wildman–Crippen MR) is 66.0 cm³/mol. The monoisotopic (exact) mass is 227 g/mol. The normalized spacial score (nSPS) is 10.6. The van der Waals surface area contributed by atoms with Crippen LogP contribution in [0, 0.1) is 0 Å². The minimum absolute atomic E-state index is 0.134. The number of hydrogen-bond donors (Lipinski definition) is 1. The molecule has 17 heavy (non-hydrogen) atoms. The summed E-state index contributed by atoms with van der Waals surface area (Å²) in [5, 5.41) is 2.74. The van der Waals surface area contributed by atoms with E-state index in [4.69, 9.17) is 4.42 Å². The molecule has 1 heterocycles. The maximum Gasteiger partial charge on any atom is 0.244 e. The van der Waals surface area contributed by atoms with Gasteiger partial charge in [0.05, 0.1) is 12.8 Å². The average molecular weight is 227 g/mol. The van der Waals surface area contributed by atoms with Gasteiger partial charge in [-0.3, -0.25) is 4.79 Å². The zero-order chi connectivity index (χ0) is 11.9. The molecular weight excluding hydrogens is 214 g/mol. The van der Waals surface area contributed by atoms with Crippen LogP contribution in [0.5, 0.6) is 0 Å². The molecule has 0 aliphatic rings.